The number of rotatable bonds is 4. The summed E-state index contributed by atoms with van der Waals surface area (Å²) < 4.78 is 80.2. The van der Waals surface area contributed by atoms with Gasteiger partial charge in [-0.3, -0.25) is 9.69 Å². The number of hydrogen-bond donors (Lipinski definition) is 0. The van der Waals surface area contributed by atoms with Gasteiger partial charge in [-0.2, -0.15) is 26.3 Å². The van der Waals surface area contributed by atoms with Crippen molar-refractivity contribution < 1.29 is 40.7 Å². The van der Waals surface area contributed by atoms with E-state index in [1.165, 1.54) is 0 Å². The van der Waals surface area contributed by atoms with Crippen LogP contribution in [0.5, 0.6) is 0 Å². The van der Waals surface area contributed by atoms with Gasteiger partial charge in [0.1, 0.15) is 0 Å². The summed E-state index contributed by atoms with van der Waals surface area (Å²) in [5.41, 5.74) is 2.10. The lowest BCUT2D eigenvalue weighted by molar-refractivity contribution is -0.308. The minimum Gasteiger partial charge on any atom is -0.426 e. The summed E-state index contributed by atoms with van der Waals surface area (Å²) >= 11 is 6.28. The number of amides is 2. The van der Waals surface area contributed by atoms with Gasteiger partial charge in [0, 0.05) is 82.0 Å². The lowest BCUT2D eigenvalue weighted by Crippen LogP contribution is -2.61. The molecule has 4 rings (SSSR count). The first-order chi connectivity index (χ1) is 17.7. The van der Waals surface area contributed by atoms with Crippen molar-refractivity contribution in [2.75, 3.05) is 57.3 Å². The van der Waals surface area contributed by atoms with E-state index in [0.29, 0.717) is 11.6 Å². The Bertz CT molecular complexity index is 1010. The highest BCUT2D eigenvalue weighted by Gasteiger charge is 2.60. The lowest BCUT2D eigenvalue weighted by Gasteiger charge is -2.54. The number of ether oxygens (including phenoxy) is 1. The van der Waals surface area contributed by atoms with E-state index >= 15 is 0 Å². The number of hydrogen-bond acceptors (Lipinski definition) is 5. The maximum absolute atomic E-state index is 12.7. The van der Waals surface area contributed by atoms with Gasteiger partial charge in [0.25, 0.3) is 6.10 Å². The van der Waals surface area contributed by atoms with Crippen LogP contribution in [0.15, 0.2) is 18.2 Å². The van der Waals surface area contributed by atoms with E-state index in [-0.39, 0.29) is 37.5 Å². The van der Waals surface area contributed by atoms with Crippen LogP contribution < -0.4 is 4.90 Å². The van der Waals surface area contributed by atoms with Crippen LogP contribution in [-0.4, -0.2) is 97.5 Å². The second-order valence-electron chi connectivity index (χ2n) is 10.2. The van der Waals surface area contributed by atoms with Crippen molar-refractivity contribution in [2.24, 2.45) is 5.41 Å². The van der Waals surface area contributed by atoms with Crippen LogP contribution in [0.3, 0.4) is 0 Å². The summed E-state index contributed by atoms with van der Waals surface area (Å²) in [4.78, 5) is 30.6. The Balaban J connectivity index is 1.33. The van der Waals surface area contributed by atoms with Gasteiger partial charge >= 0.3 is 18.4 Å². The molecule has 0 atom stereocenters. The molecule has 38 heavy (non-hydrogen) atoms. The molecule has 0 N–H and O–H groups in total. The third-order valence-electron chi connectivity index (χ3n) is 7.55. The minimum absolute atomic E-state index is 0.0664. The van der Waals surface area contributed by atoms with E-state index in [0.717, 1.165) is 55.2 Å². The van der Waals surface area contributed by atoms with Crippen LogP contribution >= 0.6 is 11.6 Å². The van der Waals surface area contributed by atoms with Gasteiger partial charge in [0.2, 0.25) is 5.91 Å². The fraction of sp³-hybridized carbons (Fsp3) is 0.667. The molecule has 1 aromatic rings. The van der Waals surface area contributed by atoms with Gasteiger partial charge < -0.3 is 19.4 Å². The van der Waals surface area contributed by atoms with Gasteiger partial charge in [-0.05, 0) is 30.5 Å². The normalized spacial score (nSPS) is 20.6. The molecule has 3 saturated heterocycles. The Hall–Kier alpha value is -2.41. The molecule has 14 heteroatoms. The summed E-state index contributed by atoms with van der Waals surface area (Å²) in [6.07, 6.45) is -15.4. The number of anilines is 1. The second-order valence-corrected chi connectivity index (χ2v) is 10.7. The van der Waals surface area contributed by atoms with Gasteiger partial charge in [0.15, 0.2) is 0 Å². The molecule has 1 spiro atoms. The third kappa shape index (κ3) is 6.41. The maximum atomic E-state index is 12.7. The topological polar surface area (TPSA) is 56.3 Å². The van der Waals surface area contributed by atoms with E-state index in [1.807, 2.05) is 21.9 Å². The fourth-order valence-electron chi connectivity index (χ4n) is 5.31. The van der Waals surface area contributed by atoms with Crippen molar-refractivity contribution >= 4 is 29.3 Å². The van der Waals surface area contributed by atoms with Crippen LogP contribution in [0.25, 0.3) is 0 Å². The highest BCUT2D eigenvalue weighted by atomic mass is 35.5. The van der Waals surface area contributed by atoms with Crippen molar-refractivity contribution in [3.05, 3.63) is 28.8 Å². The molecule has 0 bridgehead atoms. The molecule has 3 aliphatic heterocycles. The number of alkyl halides is 6. The number of carbonyl (C=O) groups is 2. The number of nitrogens with zero attached hydrogens (tertiary/aromatic N) is 4. The summed E-state index contributed by atoms with van der Waals surface area (Å²) in [6.45, 7) is 5.58. The van der Waals surface area contributed by atoms with Crippen LogP contribution in [-0.2, 0) is 16.1 Å². The van der Waals surface area contributed by atoms with Gasteiger partial charge in [-0.25, -0.2) is 4.79 Å². The molecule has 0 aliphatic carbocycles. The first-order valence-electron chi connectivity index (χ1n) is 12.3. The van der Waals surface area contributed by atoms with Crippen molar-refractivity contribution in [3.63, 3.8) is 0 Å². The molecule has 0 radical (unpaired) electrons. The maximum Gasteiger partial charge on any atom is 0.434 e. The van der Waals surface area contributed by atoms with Crippen molar-refractivity contribution in [2.45, 2.75) is 44.8 Å². The van der Waals surface area contributed by atoms with Gasteiger partial charge in [0.05, 0.1) is 0 Å². The first-order valence-corrected chi connectivity index (χ1v) is 12.6. The average Bonchev–Trinajstić information content (AvgIpc) is 2.81. The zero-order chi connectivity index (χ0) is 27.9. The van der Waals surface area contributed by atoms with Crippen molar-refractivity contribution in [3.8, 4) is 0 Å². The molecule has 212 valence electrons. The van der Waals surface area contributed by atoms with Crippen LogP contribution in [0.1, 0.15) is 25.3 Å². The summed E-state index contributed by atoms with van der Waals surface area (Å²) in [6, 6.07) is 5.56. The van der Waals surface area contributed by atoms with E-state index in [1.54, 1.807) is 13.0 Å². The Labute approximate surface area is 221 Å². The van der Waals surface area contributed by atoms with Crippen molar-refractivity contribution in [1.29, 1.82) is 0 Å². The number of piperidine rings is 1. The Kier molecular flexibility index (Phi) is 8.00. The number of benzene rings is 1. The molecule has 0 unspecified atom stereocenters. The minimum atomic E-state index is -5.75. The quantitative estimate of drug-likeness (QED) is 0.498. The number of piperazine rings is 1. The lowest BCUT2D eigenvalue weighted by atomic mass is 9.72. The van der Waals surface area contributed by atoms with Gasteiger partial charge in [-0.15, -0.1) is 0 Å². The van der Waals surface area contributed by atoms with E-state index in [4.69, 9.17) is 11.6 Å². The molecule has 3 heterocycles. The monoisotopic (exact) mass is 570 g/mol. The Morgan fingerprint density at radius 1 is 0.947 bits per heavy atom. The van der Waals surface area contributed by atoms with Crippen LogP contribution in [0.2, 0.25) is 5.02 Å². The summed E-state index contributed by atoms with van der Waals surface area (Å²) in [7, 11) is 0. The zero-order valence-corrected chi connectivity index (χ0v) is 21.5. The van der Waals surface area contributed by atoms with E-state index < -0.39 is 24.5 Å². The molecule has 2 amide bonds. The largest absolute Gasteiger partial charge is 0.434 e. The van der Waals surface area contributed by atoms with Crippen LogP contribution in [0.4, 0.5) is 36.8 Å². The highest BCUT2D eigenvalue weighted by Crippen LogP contribution is 2.42. The second kappa shape index (κ2) is 10.6. The molecule has 3 fully saturated rings. The predicted molar refractivity (Wildman–Crippen MR) is 127 cm³/mol. The zero-order valence-electron chi connectivity index (χ0n) is 20.7. The first kappa shape index (κ1) is 28.6. The molecule has 3 aliphatic rings. The van der Waals surface area contributed by atoms with E-state index in [2.05, 4.69) is 9.64 Å². The third-order valence-corrected chi connectivity index (χ3v) is 7.78. The Morgan fingerprint density at radius 2 is 1.53 bits per heavy atom. The Morgan fingerprint density at radius 3 is 2.05 bits per heavy atom. The van der Waals surface area contributed by atoms with Gasteiger partial charge in [-0.1, -0.05) is 17.7 Å². The fourth-order valence-corrected chi connectivity index (χ4v) is 5.48. The molecule has 0 saturated carbocycles. The summed E-state index contributed by atoms with van der Waals surface area (Å²) in [5, 5.41) is 0.576. The molecule has 7 nitrogen and oxygen atoms in total. The number of carbonyl (C=O) groups excluding carboxylic acids is 2. The van der Waals surface area contributed by atoms with Crippen molar-refractivity contribution in [1.82, 2.24) is 14.7 Å². The molecular formula is C24H29ClF6N4O3. The predicted octanol–water partition coefficient (Wildman–Crippen LogP) is 4.54. The molecule has 0 aromatic heterocycles. The SMILES string of the molecule is CC(=O)N1CC2(CCN(c3cc(Cl)ccc3CN3CCN(C(=O)OC(C(F)(F)F)C(F)(F)F)CC3)CC2)C1. The molecular weight excluding hydrogens is 542 g/mol. The molecule has 1 aromatic carbocycles. The smallest absolute Gasteiger partial charge is 0.426 e. The number of likely N-dealkylation sites (tertiary alicyclic amines) is 1. The van der Waals surface area contributed by atoms with E-state index in [9.17, 15) is 35.9 Å². The standard InChI is InChI=1S/C24H29ClF6N4O3/c1-16(36)35-14-22(15-35)4-6-33(7-5-22)19-12-18(25)3-2-17(19)13-32-8-10-34(11-9-32)21(37)38-20(23(26,27)28)24(29,30)31/h2-3,12,20H,4-11,13-15H2,1H3. The average molecular weight is 571 g/mol. The summed E-state index contributed by atoms with van der Waals surface area (Å²) in [5.74, 6) is 0.0871. The highest BCUT2D eigenvalue weighted by molar-refractivity contribution is 6.30. The number of halogens is 7. The van der Waals surface area contributed by atoms with Crippen LogP contribution in [0, 0.1) is 5.41 Å².